The predicted molar refractivity (Wildman–Crippen MR) is 81.2 cm³/mol. The summed E-state index contributed by atoms with van der Waals surface area (Å²) in [5.41, 5.74) is 11.4. The van der Waals surface area contributed by atoms with Crippen LogP contribution in [0.25, 0.3) is 0 Å². The molecule has 0 unspecified atom stereocenters. The molecule has 0 aliphatic heterocycles. The van der Waals surface area contributed by atoms with E-state index in [4.69, 9.17) is 5.73 Å². The van der Waals surface area contributed by atoms with Crippen molar-refractivity contribution in [2.45, 2.75) is 70.8 Å². The molecule has 0 saturated heterocycles. The molecule has 2 saturated carbocycles. The molecule has 0 amide bonds. The highest BCUT2D eigenvalue weighted by Crippen LogP contribution is 2.58. The van der Waals surface area contributed by atoms with Crippen molar-refractivity contribution in [3.05, 3.63) is 34.9 Å². The fourth-order valence-electron chi connectivity index (χ4n) is 4.37. The molecule has 1 aromatic carbocycles. The summed E-state index contributed by atoms with van der Waals surface area (Å²) >= 11 is 0. The Balaban J connectivity index is 1.77. The third kappa shape index (κ3) is 2.33. The van der Waals surface area contributed by atoms with Crippen LogP contribution >= 0.6 is 0 Å². The lowest BCUT2D eigenvalue weighted by atomic mass is 9.52. The minimum Gasteiger partial charge on any atom is -0.321 e. The Bertz CT molecular complexity index is 459. The van der Waals surface area contributed by atoms with E-state index in [-0.39, 0.29) is 5.54 Å². The van der Waals surface area contributed by atoms with E-state index >= 15 is 0 Å². The zero-order valence-corrected chi connectivity index (χ0v) is 12.5. The normalized spacial score (nSPS) is 24.8. The zero-order chi connectivity index (χ0) is 13.5. The number of hydrogen-bond donors (Lipinski definition) is 1. The van der Waals surface area contributed by atoms with Gasteiger partial charge in [0.1, 0.15) is 0 Å². The number of nitrogens with two attached hydrogens (primary N) is 1. The smallest absolute Gasteiger partial charge is 0.0420 e. The Morgan fingerprint density at radius 1 is 0.895 bits per heavy atom. The largest absolute Gasteiger partial charge is 0.321 e. The molecule has 0 radical (unpaired) electrons. The Labute approximate surface area is 117 Å². The summed E-state index contributed by atoms with van der Waals surface area (Å²) in [5.74, 6) is 0. The lowest BCUT2D eigenvalue weighted by molar-refractivity contribution is 0.00960. The van der Waals surface area contributed by atoms with Crippen molar-refractivity contribution < 1.29 is 0 Å². The third-order valence-electron chi connectivity index (χ3n) is 5.63. The molecule has 1 nitrogen and oxygen atoms in total. The van der Waals surface area contributed by atoms with Crippen LogP contribution in [0.1, 0.15) is 68.1 Å². The van der Waals surface area contributed by atoms with Gasteiger partial charge in [-0.2, -0.15) is 0 Å². The van der Waals surface area contributed by atoms with Gasteiger partial charge in [-0.15, -0.1) is 0 Å². The van der Waals surface area contributed by atoms with E-state index in [1.807, 2.05) is 0 Å². The first-order valence-electron chi connectivity index (χ1n) is 7.90. The van der Waals surface area contributed by atoms with Crippen molar-refractivity contribution in [2.24, 2.45) is 11.1 Å². The topological polar surface area (TPSA) is 26.0 Å². The summed E-state index contributed by atoms with van der Waals surface area (Å²) in [6.07, 6.45) is 11.0. The van der Waals surface area contributed by atoms with Crippen LogP contribution < -0.4 is 5.73 Å². The molecule has 0 aromatic heterocycles. The van der Waals surface area contributed by atoms with Crippen LogP contribution in [0.4, 0.5) is 0 Å². The van der Waals surface area contributed by atoms with Gasteiger partial charge in [0, 0.05) is 5.54 Å². The second-order valence-electron chi connectivity index (χ2n) is 7.22. The number of aryl methyl sites for hydroxylation is 2. The maximum Gasteiger partial charge on any atom is 0.0420 e. The van der Waals surface area contributed by atoms with Gasteiger partial charge in [-0.1, -0.05) is 43.9 Å². The zero-order valence-electron chi connectivity index (χ0n) is 12.5. The first-order chi connectivity index (χ1) is 9.03. The lowest BCUT2D eigenvalue weighted by Gasteiger charge is -2.55. The fraction of sp³-hybridized carbons (Fsp3) is 0.667. The number of rotatable bonds is 1. The average Bonchev–Trinajstić information content (AvgIpc) is 2.58. The van der Waals surface area contributed by atoms with E-state index in [2.05, 4.69) is 32.0 Å². The molecule has 0 bridgehead atoms. The van der Waals surface area contributed by atoms with Crippen molar-refractivity contribution in [1.82, 2.24) is 0 Å². The quantitative estimate of drug-likeness (QED) is 0.782. The molecule has 2 aliphatic rings. The van der Waals surface area contributed by atoms with Crippen molar-refractivity contribution in [2.75, 3.05) is 0 Å². The molecule has 0 heterocycles. The van der Waals surface area contributed by atoms with Gasteiger partial charge >= 0.3 is 0 Å². The van der Waals surface area contributed by atoms with Crippen molar-refractivity contribution in [3.63, 3.8) is 0 Å². The summed E-state index contributed by atoms with van der Waals surface area (Å²) in [6, 6.07) is 6.81. The maximum absolute atomic E-state index is 6.70. The first kappa shape index (κ1) is 13.2. The van der Waals surface area contributed by atoms with Crippen molar-refractivity contribution in [1.29, 1.82) is 0 Å². The van der Waals surface area contributed by atoms with E-state index in [9.17, 15) is 0 Å². The molecule has 1 spiro atoms. The average molecular weight is 257 g/mol. The van der Waals surface area contributed by atoms with Gasteiger partial charge in [-0.25, -0.2) is 0 Å². The Kier molecular flexibility index (Phi) is 3.21. The van der Waals surface area contributed by atoms with E-state index in [1.54, 1.807) is 0 Å². The highest BCUT2D eigenvalue weighted by molar-refractivity contribution is 5.36. The highest BCUT2D eigenvalue weighted by atomic mass is 14.8. The Morgan fingerprint density at radius 2 is 1.53 bits per heavy atom. The Hall–Kier alpha value is -0.820. The second kappa shape index (κ2) is 4.63. The molecular weight excluding hydrogens is 230 g/mol. The molecule has 0 atom stereocenters. The fourth-order valence-corrected chi connectivity index (χ4v) is 4.37. The molecule has 1 heteroatoms. The van der Waals surface area contributed by atoms with Crippen LogP contribution in [0.15, 0.2) is 18.2 Å². The number of benzene rings is 1. The van der Waals surface area contributed by atoms with Crippen LogP contribution in [0.3, 0.4) is 0 Å². The SMILES string of the molecule is Cc1ccc(C2(N)CC3(CCCCCC3)C2)cc1C. The molecule has 19 heavy (non-hydrogen) atoms. The molecule has 104 valence electrons. The van der Waals surface area contributed by atoms with E-state index in [0.29, 0.717) is 5.41 Å². The van der Waals surface area contributed by atoms with Gasteiger partial charge in [-0.05, 0) is 61.6 Å². The molecule has 3 rings (SSSR count). The van der Waals surface area contributed by atoms with Gasteiger partial charge in [0.2, 0.25) is 0 Å². The predicted octanol–water partition coefficient (Wildman–Crippen LogP) is 4.59. The van der Waals surface area contributed by atoms with Gasteiger partial charge in [0.15, 0.2) is 0 Å². The molecule has 2 aliphatic carbocycles. The second-order valence-corrected chi connectivity index (χ2v) is 7.22. The highest BCUT2D eigenvalue weighted by Gasteiger charge is 2.52. The van der Waals surface area contributed by atoms with Gasteiger partial charge in [0.25, 0.3) is 0 Å². The van der Waals surface area contributed by atoms with Crippen LogP contribution in [0.5, 0.6) is 0 Å². The molecule has 1 aromatic rings. The summed E-state index contributed by atoms with van der Waals surface area (Å²) < 4.78 is 0. The summed E-state index contributed by atoms with van der Waals surface area (Å²) in [6.45, 7) is 4.37. The number of hydrogen-bond acceptors (Lipinski definition) is 1. The molecule has 2 fully saturated rings. The van der Waals surface area contributed by atoms with Crippen molar-refractivity contribution in [3.8, 4) is 0 Å². The van der Waals surface area contributed by atoms with Crippen molar-refractivity contribution >= 4 is 0 Å². The maximum atomic E-state index is 6.70. The van der Waals surface area contributed by atoms with Crippen LogP contribution in [-0.4, -0.2) is 0 Å². The summed E-state index contributed by atoms with van der Waals surface area (Å²) in [7, 11) is 0. The standard InChI is InChI=1S/C18H27N/c1-14-7-8-16(11-15(14)2)18(19)12-17(13-18)9-5-3-4-6-10-17/h7-8,11H,3-6,9-10,12-13,19H2,1-2H3. The molecular formula is C18H27N. The minimum absolute atomic E-state index is 0.0389. The van der Waals surface area contributed by atoms with Crippen LogP contribution in [0.2, 0.25) is 0 Å². The van der Waals surface area contributed by atoms with Crippen LogP contribution in [-0.2, 0) is 5.54 Å². The monoisotopic (exact) mass is 257 g/mol. The van der Waals surface area contributed by atoms with E-state index in [1.165, 1.54) is 68.1 Å². The lowest BCUT2D eigenvalue weighted by Crippen LogP contribution is -2.55. The van der Waals surface area contributed by atoms with E-state index in [0.717, 1.165) is 0 Å². The van der Waals surface area contributed by atoms with Gasteiger partial charge in [-0.3, -0.25) is 0 Å². The summed E-state index contributed by atoms with van der Waals surface area (Å²) in [5, 5.41) is 0. The molecule has 2 N–H and O–H groups in total. The van der Waals surface area contributed by atoms with Gasteiger partial charge < -0.3 is 5.73 Å². The van der Waals surface area contributed by atoms with Crippen LogP contribution in [0, 0.1) is 19.3 Å². The van der Waals surface area contributed by atoms with Gasteiger partial charge in [0.05, 0.1) is 0 Å². The Morgan fingerprint density at radius 3 is 2.11 bits per heavy atom. The first-order valence-corrected chi connectivity index (χ1v) is 7.90. The summed E-state index contributed by atoms with van der Waals surface area (Å²) in [4.78, 5) is 0. The minimum atomic E-state index is -0.0389. The third-order valence-corrected chi connectivity index (χ3v) is 5.63. The van der Waals surface area contributed by atoms with E-state index < -0.39 is 0 Å².